The minimum Gasteiger partial charge on any atom is -0.256 e. The van der Waals surface area contributed by atoms with Gasteiger partial charge in [-0.1, -0.05) is 135 Å². The molecule has 0 bridgehead atoms. The molecule has 4 heteroatoms. The molecule has 0 unspecified atom stereocenters. The lowest BCUT2D eigenvalue weighted by molar-refractivity contribution is 0.660. The van der Waals surface area contributed by atoms with Crippen molar-refractivity contribution >= 4 is 0 Å². The van der Waals surface area contributed by atoms with Gasteiger partial charge in [-0.25, -0.2) is 9.97 Å². The zero-order chi connectivity index (χ0) is 35.9. The van der Waals surface area contributed by atoms with Crippen LogP contribution in [0.2, 0.25) is 0 Å². The van der Waals surface area contributed by atoms with E-state index in [0.717, 1.165) is 56.0 Å². The fraction of sp³-hybridized carbons (Fsp3) is 0.0612. The van der Waals surface area contributed by atoms with Crippen LogP contribution in [0, 0.1) is 11.3 Å². The Balaban J connectivity index is 1.14. The number of benzene rings is 6. The smallest absolute Gasteiger partial charge is 0.160 e. The summed E-state index contributed by atoms with van der Waals surface area (Å²) in [6, 6.07) is 59.0. The van der Waals surface area contributed by atoms with Gasteiger partial charge < -0.3 is 0 Å². The Morgan fingerprint density at radius 1 is 0.434 bits per heavy atom. The number of nitriles is 1. The van der Waals surface area contributed by atoms with Crippen LogP contribution in [0.1, 0.15) is 30.5 Å². The number of rotatable bonds is 6. The van der Waals surface area contributed by atoms with E-state index in [1.165, 1.54) is 27.8 Å². The molecule has 0 spiro atoms. The first kappa shape index (κ1) is 32.0. The van der Waals surface area contributed by atoms with Gasteiger partial charge in [0.15, 0.2) is 5.82 Å². The first-order valence-corrected chi connectivity index (χ1v) is 17.8. The van der Waals surface area contributed by atoms with Crippen LogP contribution in [-0.2, 0) is 5.41 Å². The van der Waals surface area contributed by atoms with Gasteiger partial charge in [0.05, 0.1) is 28.7 Å². The highest BCUT2D eigenvalue weighted by molar-refractivity contribution is 5.84. The molecular weight excluding hydrogens is 645 g/mol. The van der Waals surface area contributed by atoms with Crippen molar-refractivity contribution in [3.8, 4) is 84.6 Å². The van der Waals surface area contributed by atoms with Gasteiger partial charge in [0.1, 0.15) is 0 Å². The van der Waals surface area contributed by atoms with Crippen molar-refractivity contribution in [2.24, 2.45) is 0 Å². The zero-order valence-electron chi connectivity index (χ0n) is 29.5. The number of fused-ring (bicyclic) bond motifs is 3. The van der Waals surface area contributed by atoms with Crippen LogP contribution < -0.4 is 0 Å². The van der Waals surface area contributed by atoms with E-state index < -0.39 is 0 Å². The highest BCUT2D eigenvalue weighted by Crippen LogP contribution is 2.50. The van der Waals surface area contributed by atoms with Gasteiger partial charge in [0.25, 0.3) is 0 Å². The first-order chi connectivity index (χ1) is 25.9. The Morgan fingerprint density at radius 3 is 1.70 bits per heavy atom. The van der Waals surface area contributed by atoms with E-state index in [1.807, 2.05) is 36.5 Å². The molecular formula is C49H34N4. The number of hydrogen-bond acceptors (Lipinski definition) is 4. The third-order valence-corrected chi connectivity index (χ3v) is 10.4. The molecule has 1 aliphatic rings. The van der Waals surface area contributed by atoms with Crippen molar-refractivity contribution < 1.29 is 0 Å². The van der Waals surface area contributed by atoms with Crippen LogP contribution in [-0.4, -0.2) is 15.0 Å². The second kappa shape index (κ2) is 13.0. The lowest BCUT2D eigenvalue weighted by atomic mass is 9.81. The van der Waals surface area contributed by atoms with Crippen molar-refractivity contribution in [1.29, 1.82) is 5.26 Å². The maximum atomic E-state index is 9.58. The number of pyridine rings is 1. The maximum Gasteiger partial charge on any atom is 0.160 e. The second-order valence-electron chi connectivity index (χ2n) is 14.0. The van der Waals surface area contributed by atoms with Gasteiger partial charge in [0.2, 0.25) is 0 Å². The molecule has 0 saturated carbocycles. The van der Waals surface area contributed by atoms with E-state index in [2.05, 4.69) is 153 Å². The molecule has 2 aromatic heterocycles. The highest BCUT2D eigenvalue weighted by atomic mass is 14.9. The summed E-state index contributed by atoms with van der Waals surface area (Å²) in [5.74, 6) is 0.635. The minimum absolute atomic E-state index is 0.248. The van der Waals surface area contributed by atoms with Crippen molar-refractivity contribution in [2.75, 3.05) is 0 Å². The molecule has 0 atom stereocenters. The normalized spacial score (nSPS) is 12.5. The van der Waals surface area contributed by atoms with Gasteiger partial charge >= 0.3 is 0 Å². The third-order valence-electron chi connectivity index (χ3n) is 10.4. The molecule has 1 aliphatic carbocycles. The molecule has 53 heavy (non-hydrogen) atoms. The maximum absolute atomic E-state index is 9.58. The van der Waals surface area contributed by atoms with Crippen molar-refractivity contribution in [2.45, 2.75) is 19.3 Å². The summed E-state index contributed by atoms with van der Waals surface area (Å²) in [6.07, 6.45) is 1.84. The lowest BCUT2D eigenvalue weighted by Gasteiger charge is -2.22. The second-order valence-corrected chi connectivity index (χ2v) is 14.0. The van der Waals surface area contributed by atoms with Gasteiger partial charge in [-0.15, -0.1) is 0 Å². The van der Waals surface area contributed by atoms with Crippen molar-refractivity contribution in [3.05, 3.63) is 187 Å². The first-order valence-electron chi connectivity index (χ1n) is 17.8. The third kappa shape index (κ3) is 5.89. The molecule has 0 N–H and O–H groups in total. The number of hydrogen-bond donors (Lipinski definition) is 0. The van der Waals surface area contributed by atoms with Crippen LogP contribution in [0.15, 0.2) is 170 Å². The molecule has 0 saturated heterocycles. The SMILES string of the molecule is CC1(C)c2cc(C#N)ccc2-c2ccc(-c3cc(-c4nc(-c5ccc(-c6ccccc6)cc5)cc(-c5cccc(-c6ccccc6)c5)n4)ccn3)cc21. The van der Waals surface area contributed by atoms with Gasteiger partial charge in [-0.3, -0.25) is 4.98 Å². The van der Waals surface area contributed by atoms with Crippen LogP contribution >= 0.6 is 0 Å². The summed E-state index contributed by atoms with van der Waals surface area (Å²) in [6.45, 7) is 4.46. The lowest BCUT2D eigenvalue weighted by Crippen LogP contribution is -2.15. The summed E-state index contributed by atoms with van der Waals surface area (Å²) >= 11 is 0. The fourth-order valence-corrected chi connectivity index (χ4v) is 7.52. The van der Waals surface area contributed by atoms with Gasteiger partial charge in [-0.2, -0.15) is 5.26 Å². The Labute approximate surface area is 309 Å². The predicted octanol–water partition coefficient (Wildman–Crippen LogP) is 12.1. The standard InChI is InChI=1S/C49H34N4/c1-49(2)43-26-32(31-50)16-22-41(43)42-23-21-39(28-44(42)49)45-29-40(24-25-51-45)48-52-46(36-19-17-35(18-20-36)33-10-5-3-6-11-33)30-47(53-48)38-15-9-14-37(27-38)34-12-7-4-8-13-34/h3-30H,1-2H3. The fourth-order valence-electron chi connectivity index (χ4n) is 7.52. The van der Waals surface area contributed by atoms with Crippen molar-refractivity contribution in [1.82, 2.24) is 15.0 Å². The topological polar surface area (TPSA) is 62.5 Å². The molecule has 0 aliphatic heterocycles. The molecule has 250 valence electrons. The molecule has 0 fully saturated rings. The van der Waals surface area contributed by atoms with Crippen LogP contribution in [0.25, 0.3) is 78.5 Å². The molecule has 0 amide bonds. The monoisotopic (exact) mass is 678 g/mol. The van der Waals surface area contributed by atoms with Crippen LogP contribution in [0.5, 0.6) is 0 Å². The minimum atomic E-state index is -0.248. The summed E-state index contributed by atoms with van der Waals surface area (Å²) in [4.78, 5) is 15.2. The van der Waals surface area contributed by atoms with E-state index in [0.29, 0.717) is 11.4 Å². The molecule has 0 radical (unpaired) electrons. The summed E-state index contributed by atoms with van der Waals surface area (Å²) < 4.78 is 0. The average molecular weight is 679 g/mol. The van der Waals surface area contributed by atoms with E-state index >= 15 is 0 Å². The van der Waals surface area contributed by atoms with E-state index in [9.17, 15) is 5.26 Å². The molecule has 8 aromatic rings. The Kier molecular flexibility index (Phi) is 7.83. The number of nitrogens with zero attached hydrogens (tertiary/aromatic N) is 4. The Bertz CT molecular complexity index is 2690. The van der Waals surface area contributed by atoms with Crippen LogP contribution in [0.4, 0.5) is 0 Å². The Morgan fingerprint density at radius 2 is 0.981 bits per heavy atom. The van der Waals surface area contributed by atoms with E-state index in [4.69, 9.17) is 15.0 Å². The summed E-state index contributed by atoms with van der Waals surface area (Å²) in [7, 11) is 0. The molecule has 9 rings (SSSR count). The average Bonchev–Trinajstić information content (AvgIpc) is 3.46. The Hall–Kier alpha value is -6.96. The predicted molar refractivity (Wildman–Crippen MR) is 215 cm³/mol. The van der Waals surface area contributed by atoms with Gasteiger partial charge in [0, 0.05) is 33.9 Å². The quantitative estimate of drug-likeness (QED) is 0.176. The molecule has 2 heterocycles. The largest absolute Gasteiger partial charge is 0.256 e. The summed E-state index contributed by atoms with van der Waals surface area (Å²) in [5.41, 5.74) is 16.3. The highest BCUT2D eigenvalue weighted by Gasteiger charge is 2.36. The van der Waals surface area contributed by atoms with Gasteiger partial charge in [-0.05, 0) is 87.0 Å². The van der Waals surface area contributed by atoms with E-state index in [-0.39, 0.29) is 5.41 Å². The summed E-state index contributed by atoms with van der Waals surface area (Å²) in [5, 5.41) is 9.58. The van der Waals surface area contributed by atoms with E-state index in [1.54, 1.807) is 0 Å². The zero-order valence-corrected chi connectivity index (χ0v) is 29.5. The molecule has 4 nitrogen and oxygen atoms in total. The number of aromatic nitrogens is 3. The molecule has 6 aromatic carbocycles. The van der Waals surface area contributed by atoms with Crippen LogP contribution in [0.3, 0.4) is 0 Å². The van der Waals surface area contributed by atoms with Crippen molar-refractivity contribution in [3.63, 3.8) is 0 Å².